The first-order chi connectivity index (χ1) is 9.29. The molecule has 0 atom stereocenters. The van der Waals surface area contributed by atoms with Gasteiger partial charge in [-0.05, 0) is 49.2 Å². The molecule has 6 heteroatoms. The van der Waals surface area contributed by atoms with Crippen molar-refractivity contribution in [2.75, 3.05) is 5.32 Å². The van der Waals surface area contributed by atoms with Gasteiger partial charge in [0, 0.05) is 24.6 Å². The molecule has 108 valence electrons. The van der Waals surface area contributed by atoms with Crippen LogP contribution in [0.15, 0.2) is 35.4 Å². The number of hydrogen-bond acceptors (Lipinski definition) is 3. The summed E-state index contributed by atoms with van der Waals surface area (Å²) in [4.78, 5) is 0.134. The summed E-state index contributed by atoms with van der Waals surface area (Å²) in [6.45, 7) is 4.45. The van der Waals surface area contributed by atoms with Crippen LogP contribution in [0.25, 0.3) is 0 Å². The zero-order valence-electron chi connectivity index (χ0n) is 11.8. The highest BCUT2D eigenvalue weighted by Crippen LogP contribution is 2.24. The van der Waals surface area contributed by atoms with E-state index in [9.17, 15) is 8.42 Å². The van der Waals surface area contributed by atoms with Crippen molar-refractivity contribution in [3.8, 4) is 0 Å². The molecule has 1 aromatic carbocycles. The molecule has 0 saturated heterocycles. The van der Waals surface area contributed by atoms with Gasteiger partial charge in [-0.1, -0.05) is 0 Å². The summed E-state index contributed by atoms with van der Waals surface area (Å²) in [6, 6.07) is 7.16. The lowest BCUT2D eigenvalue weighted by molar-refractivity contribution is 0.597. The van der Waals surface area contributed by atoms with Gasteiger partial charge in [0.2, 0.25) is 10.0 Å². The predicted octanol–water partition coefficient (Wildman–Crippen LogP) is 1.90. The fourth-order valence-electron chi connectivity index (χ4n) is 2.04. The fraction of sp³-hybridized carbons (Fsp3) is 0.286. The first kappa shape index (κ1) is 14.6. The molecule has 0 aliphatic heterocycles. The molecule has 0 saturated carbocycles. The molecule has 1 heterocycles. The third-order valence-electron chi connectivity index (χ3n) is 3.48. The number of rotatable bonds is 4. The maximum Gasteiger partial charge on any atom is 0.238 e. The van der Waals surface area contributed by atoms with E-state index in [1.54, 1.807) is 12.1 Å². The Morgan fingerprint density at radius 3 is 2.55 bits per heavy atom. The number of nitrogens with two attached hydrogens (primary N) is 1. The van der Waals surface area contributed by atoms with Crippen LogP contribution in [0.4, 0.5) is 5.69 Å². The van der Waals surface area contributed by atoms with Crippen LogP contribution in [-0.2, 0) is 23.6 Å². The van der Waals surface area contributed by atoms with Crippen LogP contribution in [0, 0.1) is 13.8 Å². The lowest BCUT2D eigenvalue weighted by Gasteiger charge is -2.14. The molecule has 1 aromatic heterocycles. The van der Waals surface area contributed by atoms with Crippen molar-refractivity contribution in [1.82, 2.24) is 4.57 Å². The first-order valence-electron chi connectivity index (χ1n) is 6.27. The lowest BCUT2D eigenvalue weighted by atomic mass is 10.1. The molecule has 0 radical (unpaired) electrons. The summed E-state index contributed by atoms with van der Waals surface area (Å²) in [6.07, 6.45) is 1.97. The fourth-order valence-corrected chi connectivity index (χ4v) is 2.66. The van der Waals surface area contributed by atoms with Gasteiger partial charge in [-0.15, -0.1) is 0 Å². The highest BCUT2D eigenvalue weighted by atomic mass is 32.2. The molecular weight excluding hydrogens is 274 g/mol. The largest absolute Gasteiger partial charge is 0.379 e. The molecule has 3 N–H and O–H groups in total. The van der Waals surface area contributed by atoms with E-state index in [1.807, 2.05) is 43.8 Å². The van der Waals surface area contributed by atoms with Crippen molar-refractivity contribution in [3.05, 3.63) is 47.3 Å². The molecule has 5 nitrogen and oxygen atoms in total. The van der Waals surface area contributed by atoms with Crippen LogP contribution in [0.3, 0.4) is 0 Å². The molecule has 0 spiro atoms. The van der Waals surface area contributed by atoms with Crippen molar-refractivity contribution >= 4 is 15.7 Å². The van der Waals surface area contributed by atoms with Gasteiger partial charge in [-0.25, -0.2) is 13.6 Å². The molecule has 2 rings (SSSR count). The van der Waals surface area contributed by atoms with Crippen LogP contribution < -0.4 is 10.5 Å². The molecule has 0 fully saturated rings. The number of benzene rings is 1. The summed E-state index contributed by atoms with van der Waals surface area (Å²) in [5, 5.41) is 8.47. The molecule has 2 aromatic rings. The number of sulfonamides is 1. The van der Waals surface area contributed by atoms with Gasteiger partial charge in [-0.2, -0.15) is 0 Å². The Bertz CT molecular complexity index is 733. The molecule has 20 heavy (non-hydrogen) atoms. The third kappa shape index (κ3) is 3.02. The monoisotopic (exact) mass is 293 g/mol. The molecular formula is C14H19N3O2S. The van der Waals surface area contributed by atoms with E-state index < -0.39 is 10.0 Å². The summed E-state index contributed by atoms with van der Waals surface area (Å²) in [5.74, 6) is 0. The van der Waals surface area contributed by atoms with E-state index >= 15 is 0 Å². The van der Waals surface area contributed by atoms with Gasteiger partial charge in [0.1, 0.15) is 0 Å². The number of aryl methyl sites for hydroxylation is 2. The maximum absolute atomic E-state index is 11.5. The average molecular weight is 293 g/mol. The summed E-state index contributed by atoms with van der Waals surface area (Å²) in [5.41, 5.74) is 3.82. The number of hydrogen-bond donors (Lipinski definition) is 2. The number of aromatic nitrogens is 1. The zero-order valence-corrected chi connectivity index (χ0v) is 12.7. The third-order valence-corrected chi connectivity index (χ3v) is 4.37. The van der Waals surface area contributed by atoms with Gasteiger partial charge in [0.25, 0.3) is 0 Å². The van der Waals surface area contributed by atoms with Gasteiger partial charge >= 0.3 is 0 Å². The number of nitrogens with zero attached hydrogens (tertiary/aromatic N) is 1. The van der Waals surface area contributed by atoms with Gasteiger partial charge in [0.15, 0.2) is 0 Å². The second-order valence-corrected chi connectivity index (χ2v) is 6.48. The van der Waals surface area contributed by atoms with Gasteiger partial charge < -0.3 is 9.88 Å². The topological polar surface area (TPSA) is 77.1 Å². The smallest absolute Gasteiger partial charge is 0.238 e. The van der Waals surface area contributed by atoms with Crippen molar-refractivity contribution < 1.29 is 8.42 Å². The van der Waals surface area contributed by atoms with Crippen LogP contribution in [-0.4, -0.2) is 13.0 Å². The SMILES string of the molecule is Cc1cc(S(N)(=O)=O)cc(NCc2cccn2C)c1C. The number of primary sulfonamides is 1. The Balaban J connectivity index is 2.32. The van der Waals surface area contributed by atoms with Crippen LogP contribution in [0.2, 0.25) is 0 Å². The normalized spacial score (nSPS) is 11.6. The van der Waals surface area contributed by atoms with E-state index in [4.69, 9.17) is 5.14 Å². The van der Waals surface area contributed by atoms with E-state index in [1.165, 1.54) is 0 Å². The zero-order chi connectivity index (χ0) is 14.9. The summed E-state index contributed by atoms with van der Waals surface area (Å²) < 4.78 is 25.0. The van der Waals surface area contributed by atoms with Gasteiger partial charge in [0.05, 0.1) is 11.4 Å². The van der Waals surface area contributed by atoms with Crippen molar-refractivity contribution in [1.29, 1.82) is 0 Å². The van der Waals surface area contributed by atoms with Crippen LogP contribution in [0.1, 0.15) is 16.8 Å². The quantitative estimate of drug-likeness (QED) is 0.904. The lowest BCUT2D eigenvalue weighted by Crippen LogP contribution is -2.14. The van der Waals surface area contributed by atoms with E-state index in [0.717, 1.165) is 22.5 Å². The first-order valence-corrected chi connectivity index (χ1v) is 7.82. The van der Waals surface area contributed by atoms with Crippen molar-refractivity contribution in [3.63, 3.8) is 0 Å². The minimum absolute atomic E-state index is 0.134. The second kappa shape index (κ2) is 5.30. The summed E-state index contributed by atoms with van der Waals surface area (Å²) in [7, 11) is -1.72. The van der Waals surface area contributed by atoms with E-state index in [0.29, 0.717) is 6.54 Å². The Kier molecular flexibility index (Phi) is 3.87. The van der Waals surface area contributed by atoms with Gasteiger partial charge in [-0.3, -0.25) is 0 Å². The summed E-state index contributed by atoms with van der Waals surface area (Å²) >= 11 is 0. The Labute approximate surface area is 119 Å². The molecule has 0 aliphatic carbocycles. The molecule has 0 aliphatic rings. The second-order valence-electron chi connectivity index (χ2n) is 4.92. The number of nitrogens with one attached hydrogen (secondary N) is 1. The Hall–Kier alpha value is -1.79. The average Bonchev–Trinajstić information content (AvgIpc) is 2.75. The maximum atomic E-state index is 11.5. The standard InChI is InChI=1S/C14H19N3O2S/c1-10-7-13(20(15,18)19)8-14(11(10)2)16-9-12-5-4-6-17(12)3/h4-8,16H,9H2,1-3H3,(H2,15,18,19). The van der Waals surface area contributed by atoms with Crippen LogP contribution >= 0.6 is 0 Å². The Morgan fingerprint density at radius 1 is 1.30 bits per heavy atom. The predicted molar refractivity (Wildman–Crippen MR) is 80.0 cm³/mol. The van der Waals surface area contributed by atoms with E-state index in [-0.39, 0.29) is 4.90 Å². The van der Waals surface area contributed by atoms with Crippen molar-refractivity contribution in [2.24, 2.45) is 12.2 Å². The minimum atomic E-state index is -3.69. The number of anilines is 1. The molecule has 0 amide bonds. The minimum Gasteiger partial charge on any atom is -0.379 e. The molecule has 0 bridgehead atoms. The highest BCUT2D eigenvalue weighted by Gasteiger charge is 2.12. The highest BCUT2D eigenvalue weighted by molar-refractivity contribution is 7.89. The van der Waals surface area contributed by atoms with Crippen molar-refractivity contribution in [2.45, 2.75) is 25.3 Å². The van der Waals surface area contributed by atoms with Crippen LogP contribution in [0.5, 0.6) is 0 Å². The van der Waals surface area contributed by atoms with E-state index in [2.05, 4.69) is 5.32 Å². The molecule has 0 unspecified atom stereocenters. The Morgan fingerprint density at radius 2 is 2.00 bits per heavy atom.